The molecule has 1 N–H and O–H groups in total. The first-order chi connectivity index (χ1) is 13.4. The van der Waals surface area contributed by atoms with Gasteiger partial charge in [0.1, 0.15) is 11.6 Å². The molecule has 0 radical (unpaired) electrons. The second kappa shape index (κ2) is 7.29. The van der Waals surface area contributed by atoms with Gasteiger partial charge in [-0.2, -0.15) is 0 Å². The molecular formula is C24H21Cl2NO. The molecule has 0 unspecified atom stereocenters. The lowest BCUT2D eigenvalue weighted by Gasteiger charge is -2.30. The van der Waals surface area contributed by atoms with Crippen LogP contribution in [0.15, 0.2) is 91.1 Å². The summed E-state index contributed by atoms with van der Waals surface area (Å²) in [7, 11) is 0. The fourth-order valence-electron chi connectivity index (χ4n) is 3.95. The van der Waals surface area contributed by atoms with Gasteiger partial charge in [0, 0.05) is 15.7 Å². The molecule has 1 aliphatic heterocycles. The number of halogens is 2. The van der Waals surface area contributed by atoms with Crippen molar-refractivity contribution in [3.05, 3.63) is 118 Å². The second-order valence-electron chi connectivity index (χ2n) is 7.17. The van der Waals surface area contributed by atoms with Crippen LogP contribution in [0, 0.1) is 0 Å². The third kappa shape index (κ3) is 3.22. The summed E-state index contributed by atoms with van der Waals surface area (Å²) in [6, 6.07) is 24.8. The average molecular weight is 410 g/mol. The Labute approximate surface area is 175 Å². The first-order valence-electron chi connectivity index (χ1n) is 9.19. The van der Waals surface area contributed by atoms with Gasteiger partial charge in [-0.3, -0.25) is 0 Å². The smallest absolute Gasteiger partial charge is 0.140 e. The van der Waals surface area contributed by atoms with E-state index < -0.39 is 5.60 Å². The Morgan fingerprint density at radius 2 is 1.32 bits per heavy atom. The summed E-state index contributed by atoms with van der Waals surface area (Å²) >= 11 is 12.2. The van der Waals surface area contributed by atoms with E-state index in [0.29, 0.717) is 10.0 Å². The standard InChI is InChI=1S/C24H21Cl2NO/c1-16(18-6-4-3-5-7-18)27-17(2)23(27)24(28,19-8-12-21(25)13-9-19)20-10-14-22(26)15-11-20/h3-16,23,28H,2H2,1H3/t16-,23+,27?/m0/s1. The lowest BCUT2D eigenvalue weighted by Crippen LogP contribution is -2.36. The molecule has 2 atom stereocenters. The number of aliphatic hydroxyl groups is 1. The van der Waals surface area contributed by atoms with E-state index in [-0.39, 0.29) is 12.1 Å². The molecule has 0 amide bonds. The number of rotatable bonds is 5. The second-order valence-corrected chi connectivity index (χ2v) is 8.04. The summed E-state index contributed by atoms with van der Waals surface area (Å²) in [6.45, 7) is 6.37. The largest absolute Gasteiger partial charge is 0.378 e. The lowest BCUT2D eigenvalue weighted by molar-refractivity contribution is 0.0605. The summed E-state index contributed by atoms with van der Waals surface area (Å²) in [5.41, 5.74) is 2.38. The topological polar surface area (TPSA) is 23.2 Å². The SMILES string of the molecule is C=C1[C@H](C(O)(c2ccc(Cl)cc2)c2ccc(Cl)cc2)N1[C@@H](C)c1ccccc1. The highest BCUT2D eigenvalue weighted by atomic mass is 35.5. The van der Waals surface area contributed by atoms with Crippen molar-refractivity contribution in [2.24, 2.45) is 0 Å². The first kappa shape index (κ1) is 19.1. The van der Waals surface area contributed by atoms with Gasteiger partial charge < -0.3 is 10.0 Å². The van der Waals surface area contributed by atoms with E-state index in [1.54, 1.807) is 24.3 Å². The molecule has 142 valence electrons. The zero-order valence-corrected chi connectivity index (χ0v) is 17.0. The van der Waals surface area contributed by atoms with E-state index in [2.05, 4.69) is 30.5 Å². The highest BCUT2D eigenvalue weighted by Gasteiger charge is 2.57. The van der Waals surface area contributed by atoms with Crippen LogP contribution in [0.3, 0.4) is 0 Å². The van der Waals surface area contributed by atoms with Crippen molar-refractivity contribution in [1.82, 2.24) is 4.90 Å². The molecule has 4 rings (SSSR count). The zero-order valence-electron chi connectivity index (χ0n) is 15.5. The van der Waals surface area contributed by atoms with E-state index in [1.165, 1.54) is 5.56 Å². The molecule has 3 aromatic rings. The van der Waals surface area contributed by atoms with Crippen molar-refractivity contribution in [1.29, 1.82) is 0 Å². The van der Waals surface area contributed by atoms with Crippen molar-refractivity contribution < 1.29 is 5.11 Å². The molecule has 1 heterocycles. The first-order valence-corrected chi connectivity index (χ1v) is 9.95. The Balaban J connectivity index is 1.77. The third-order valence-electron chi connectivity index (χ3n) is 5.52. The van der Waals surface area contributed by atoms with Crippen LogP contribution in [-0.2, 0) is 5.60 Å². The van der Waals surface area contributed by atoms with E-state index in [1.807, 2.05) is 42.5 Å². The van der Waals surface area contributed by atoms with Crippen molar-refractivity contribution in [2.75, 3.05) is 0 Å². The van der Waals surface area contributed by atoms with Crippen LogP contribution in [0.25, 0.3) is 0 Å². The van der Waals surface area contributed by atoms with Crippen LogP contribution in [-0.4, -0.2) is 16.0 Å². The molecule has 0 aromatic heterocycles. The van der Waals surface area contributed by atoms with Crippen molar-refractivity contribution in [3.63, 3.8) is 0 Å². The van der Waals surface area contributed by atoms with Crippen LogP contribution in [0.1, 0.15) is 29.7 Å². The number of nitrogens with zero attached hydrogens (tertiary/aromatic N) is 1. The van der Waals surface area contributed by atoms with Crippen LogP contribution in [0.2, 0.25) is 10.0 Å². The quantitative estimate of drug-likeness (QED) is 0.507. The van der Waals surface area contributed by atoms with Crippen LogP contribution < -0.4 is 0 Å². The predicted octanol–water partition coefficient (Wildman–Crippen LogP) is 6.19. The fourth-order valence-corrected chi connectivity index (χ4v) is 4.20. The minimum atomic E-state index is -1.25. The molecule has 0 bridgehead atoms. The summed E-state index contributed by atoms with van der Waals surface area (Å²) < 4.78 is 0. The lowest BCUT2D eigenvalue weighted by atomic mass is 9.82. The summed E-state index contributed by atoms with van der Waals surface area (Å²) in [6.07, 6.45) is 0. The van der Waals surface area contributed by atoms with Gasteiger partial charge in [-0.25, -0.2) is 0 Å². The highest BCUT2D eigenvalue weighted by Crippen LogP contribution is 2.52. The summed E-state index contributed by atoms with van der Waals surface area (Å²) in [4.78, 5) is 2.17. The number of hydrogen-bond donors (Lipinski definition) is 1. The Morgan fingerprint density at radius 1 is 0.857 bits per heavy atom. The van der Waals surface area contributed by atoms with E-state index in [9.17, 15) is 5.11 Å². The van der Waals surface area contributed by atoms with Gasteiger partial charge in [-0.1, -0.05) is 84.4 Å². The van der Waals surface area contributed by atoms with E-state index in [4.69, 9.17) is 23.2 Å². The van der Waals surface area contributed by atoms with E-state index in [0.717, 1.165) is 16.8 Å². The Hall–Kier alpha value is -2.26. The molecule has 28 heavy (non-hydrogen) atoms. The Bertz CT molecular complexity index is 938. The third-order valence-corrected chi connectivity index (χ3v) is 6.03. The Morgan fingerprint density at radius 3 is 1.79 bits per heavy atom. The molecule has 0 aliphatic carbocycles. The minimum absolute atomic E-state index is 0.102. The van der Waals surface area contributed by atoms with Crippen molar-refractivity contribution in [3.8, 4) is 0 Å². The molecular weight excluding hydrogens is 389 g/mol. The van der Waals surface area contributed by atoms with Crippen LogP contribution in [0.5, 0.6) is 0 Å². The monoisotopic (exact) mass is 409 g/mol. The van der Waals surface area contributed by atoms with Gasteiger partial charge in [0.05, 0.1) is 6.04 Å². The van der Waals surface area contributed by atoms with Crippen molar-refractivity contribution >= 4 is 23.2 Å². The maximum absolute atomic E-state index is 12.0. The minimum Gasteiger partial charge on any atom is -0.378 e. The predicted molar refractivity (Wildman–Crippen MR) is 116 cm³/mol. The summed E-state index contributed by atoms with van der Waals surface area (Å²) in [5, 5.41) is 13.3. The normalized spacial score (nSPS) is 17.5. The van der Waals surface area contributed by atoms with Crippen LogP contribution >= 0.6 is 23.2 Å². The maximum atomic E-state index is 12.0. The van der Waals surface area contributed by atoms with Crippen LogP contribution in [0.4, 0.5) is 0 Å². The average Bonchev–Trinajstić information content (AvgIpc) is 3.40. The van der Waals surface area contributed by atoms with Gasteiger partial charge in [-0.05, 0) is 47.9 Å². The van der Waals surface area contributed by atoms with Gasteiger partial charge in [-0.15, -0.1) is 0 Å². The summed E-state index contributed by atoms with van der Waals surface area (Å²) in [5.74, 6) is 0. The van der Waals surface area contributed by atoms with Gasteiger partial charge in [0.25, 0.3) is 0 Å². The van der Waals surface area contributed by atoms with Gasteiger partial charge in [0.15, 0.2) is 0 Å². The molecule has 0 spiro atoms. The fraction of sp³-hybridized carbons (Fsp3) is 0.167. The number of hydrogen-bond acceptors (Lipinski definition) is 2. The highest BCUT2D eigenvalue weighted by molar-refractivity contribution is 6.30. The Kier molecular flexibility index (Phi) is 4.96. The molecule has 4 heteroatoms. The molecule has 3 aromatic carbocycles. The van der Waals surface area contributed by atoms with Gasteiger partial charge in [0.2, 0.25) is 0 Å². The molecule has 1 saturated heterocycles. The molecule has 1 fully saturated rings. The molecule has 2 nitrogen and oxygen atoms in total. The van der Waals surface area contributed by atoms with Gasteiger partial charge >= 0.3 is 0 Å². The molecule has 1 aliphatic rings. The maximum Gasteiger partial charge on any atom is 0.140 e. The zero-order chi connectivity index (χ0) is 19.9. The number of benzene rings is 3. The van der Waals surface area contributed by atoms with Crippen molar-refractivity contribution in [2.45, 2.75) is 24.6 Å². The molecule has 0 saturated carbocycles. The van der Waals surface area contributed by atoms with E-state index >= 15 is 0 Å².